The van der Waals surface area contributed by atoms with Crippen LogP contribution in [-0.4, -0.2) is 42.0 Å². The molecular formula is C24H25FN2O3. The Morgan fingerprint density at radius 3 is 2.17 bits per heavy atom. The molecule has 30 heavy (non-hydrogen) atoms. The monoisotopic (exact) mass is 408 g/mol. The summed E-state index contributed by atoms with van der Waals surface area (Å²) in [5.74, 6) is -1.19. The summed E-state index contributed by atoms with van der Waals surface area (Å²) >= 11 is 0. The van der Waals surface area contributed by atoms with Crippen LogP contribution < -0.4 is 4.90 Å². The predicted octanol–water partition coefficient (Wildman–Crippen LogP) is 3.84. The van der Waals surface area contributed by atoms with Gasteiger partial charge in [0, 0.05) is 13.1 Å². The maximum Gasteiger partial charge on any atom is 0.282 e. The number of amides is 2. The maximum absolute atomic E-state index is 13.6. The van der Waals surface area contributed by atoms with E-state index < -0.39 is 5.82 Å². The first-order valence-corrected chi connectivity index (χ1v) is 10.1. The fraction of sp³-hybridized carbons (Fsp3) is 0.333. The van der Waals surface area contributed by atoms with Crippen molar-refractivity contribution < 1.29 is 18.7 Å². The van der Waals surface area contributed by atoms with Crippen LogP contribution in [-0.2, 0) is 14.3 Å². The lowest BCUT2D eigenvalue weighted by atomic mass is 9.97. The molecule has 1 saturated heterocycles. The number of hydrogen-bond acceptors (Lipinski definition) is 4. The molecule has 2 aromatic rings. The molecule has 2 aliphatic heterocycles. The molecule has 0 radical (unpaired) electrons. The molecule has 4 rings (SSSR count). The average Bonchev–Trinajstić information content (AvgIpc) is 2.92. The Morgan fingerprint density at radius 1 is 0.933 bits per heavy atom. The van der Waals surface area contributed by atoms with E-state index in [0.717, 1.165) is 21.6 Å². The molecule has 0 aromatic heterocycles. The van der Waals surface area contributed by atoms with E-state index in [0.29, 0.717) is 30.0 Å². The van der Waals surface area contributed by atoms with Crippen LogP contribution in [0.1, 0.15) is 30.5 Å². The molecule has 156 valence electrons. The predicted molar refractivity (Wildman–Crippen MR) is 113 cm³/mol. The third kappa shape index (κ3) is 3.52. The van der Waals surface area contributed by atoms with Gasteiger partial charge in [-0.25, -0.2) is 9.29 Å². The number of hydrogen-bond donors (Lipinski definition) is 0. The highest BCUT2D eigenvalue weighted by molar-refractivity contribution is 6.45. The van der Waals surface area contributed by atoms with E-state index in [1.54, 1.807) is 0 Å². The minimum absolute atomic E-state index is 0.0654. The van der Waals surface area contributed by atoms with E-state index in [9.17, 15) is 14.0 Å². The van der Waals surface area contributed by atoms with Crippen LogP contribution in [0.5, 0.6) is 0 Å². The molecule has 2 unspecified atom stereocenters. The summed E-state index contributed by atoms with van der Waals surface area (Å²) in [6, 6.07) is 11.3. The van der Waals surface area contributed by atoms with Gasteiger partial charge in [0.2, 0.25) is 0 Å². The van der Waals surface area contributed by atoms with Crippen LogP contribution >= 0.6 is 0 Å². The number of carbonyl (C=O) groups is 2. The highest BCUT2D eigenvalue weighted by Gasteiger charge is 2.44. The molecule has 6 heteroatoms. The lowest BCUT2D eigenvalue weighted by Crippen LogP contribution is -2.47. The number of morpholine rings is 1. The normalized spacial score (nSPS) is 22.3. The average molecular weight is 408 g/mol. The van der Waals surface area contributed by atoms with Crippen molar-refractivity contribution in [3.05, 3.63) is 70.7 Å². The number of halogens is 1. The molecule has 0 aliphatic carbocycles. The highest BCUT2D eigenvalue weighted by atomic mass is 19.1. The molecule has 5 nitrogen and oxygen atoms in total. The zero-order valence-corrected chi connectivity index (χ0v) is 17.6. The van der Waals surface area contributed by atoms with E-state index >= 15 is 0 Å². The lowest BCUT2D eigenvalue weighted by molar-refractivity contribution is -0.121. The first kappa shape index (κ1) is 20.3. The summed E-state index contributed by atoms with van der Waals surface area (Å²) in [6.07, 6.45) is -0.131. The van der Waals surface area contributed by atoms with Crippen molar-refractivity contribution in [2.24, 2.45) is 0 Å². The Bertz CT molecular complexity index is 1030. The topological polar surface area (TPSA) is 49.9 Å². The fourth-order valence-corrected chi connectivity index (χ4v) is 4.33. The maximum atomic E-state index is 13.6. The van der Waals surface area contributed by atoms with Crippen molar-refractivity contribution >= 4 is 23.1 Å². The van der Waals surface area contributed by atoms with Gasteiger partial charge in [-0.2, -0.15) is 0 Å². The van der Waals surface area contributed by atoms with Gasteiger partial charge >= 0.3 is 0 Å². The van der Waals surface area contributed by atoms with E-state index in [1.807, 2.05) is 50.8 Å². The van der Waals surface area contributed by atoms with Crippen molar-refractivity contribution in [1.29, 1.82) is 0 Å². The third-order valence-electron chi connectivity index (χ3n) is 5.53. The van der Waals surface area contributed by atoms with Gasteiger partial charge in [-0.1, -0.05) is 23.8 Å². The van der Waals surface area contributed by atoms with Gasteiger partial charge in [-0.05, 0) is 63.1 Å². The quantitative estimate of drug-likeness (QED) is 0.725. The summed E-state index contributed by atoms with van der Waals surface area (Å²) in [5.41, 5.74) is 3.89. The van der Waals surface area contributed by atoms with Gasteiger partial charge in [0.1, 0.15) is 11.5 Å². The zero-order chi connectivity index (χ0) is 21.6. The first-order valence-electron chi connectivity index (χ1n) is 10.1. The van der Waals surface area contributed by atoms with Crippen molar-refractivity contribution in [3.8, 4) is 0 Å². The molecule has 2 heterocycles. The van der Waals surface area contributed by atoms with E-state index in [4.69, 9.17) is 4.74 Å². The Morgan fingerprint density at radius 2 is 1.57 bits per heavy atom. The van der Waals surface area contributed by atoms with Crippen molar-refractivity contribution in [2.45, 2.75) is 39.9 Å². The van der Waals surface area contributed by atoms with Gasteiger partial charge in [-0.15, -0.1) is 0 Å². The largest absolute Gasteiger partial charge is 0.372 e. The number of ether oxygens (including phenoxy) is 1. The SMILES string of the molecule is Cc1ccc(C2=C(N3CC(C)OC(C)C3)C(=O)N(c3ccc(F)cc3)C2=O)c(C)c1. The Hall–Kier alpha value is -2.99. The molecule has 2 aromatic carbocycles. The Balaban J connectivity index is 1.86. The molecule has 0 bridgehead atoms. The third-order valence-corrected chi connectivity index (χ3v) is 5.53. The minimum Gasteiger partial charge on any atom is -0.372 e. The Kier molecular flexibility index (Phi) is 5.20. The van der Waals surface area contributed by atoms with Crippen LogP contribution in [0.15, 0.2) is 48.2 Å². The van der Waals surface area contributed by atoms with E-state index in [2.05, 4.69) is 0 Å². The van der Waals surface area contributed by atoms with E-state index in [-0.39, 0.29) is 24.0 Å². The number of nitrogens with zero attached hydrogens (tertiary/aromatic N) is 2. The summed E-state index contributed by atoms with van der Waals surface area (Å²) in [7, 11) is 0. The smallest absolute Gasteiger partial charge is 0.282 e. The Labute approximate surface area is 175 Å². The van der Waals surface area contributed by atoms with Crippen molar-refractivity contribution in [3.63, 3.8) is 0 Å². The van der Waals surface area contributed by atoms with Crippen LogP contribution in [0.25, 0.3) is 5.57 Å². The molecule has 2 aliphatic rings. The summed E-state index contributed by atoms with van der Waals surface area (Å²) in [6.45, 7) is 8.88. The van der Waals surface area contributed by atoms with Gasteiger partial charge in [-0.3, -0.25) is 9.59 Å². The van der Waals surface area contributed by atoms with Gasteiger partial charge in [0.25, 0.3) is 11.8 Å². The van der Waals surface area contributed by atoms with Crippen LogP contribution in [0, 0.1) is 19.7 Å². The van der Waals surface area contributed by atoms with Crippen molar-refractivity contribution in [2.75, 3.05) is 18.0 Å². The number of carbonyl (C=O) groups excluding carboxylic acids is 2. The summed E-state index contributed by atoms with van der Waals surface area (Å²) in [4.78, 5) is 30.2. The molecule has 1 fully saturated rings. The second kappa shape index (κ2) is 7.69. The van der Waals surface area contributed by atoms with Gasteiger partial charge in [0.05, 0.1) is 23.5 Å². The minimum atomic E-state index is -0.420. The lowest BCUT2D eigenvalue weighted by Gasteiger charge is -2.37. The molecule has 0 N–H and O–H groups in total. The van der Waals surface area contributed by atoms with Crippen LogP contribution in [0.2, 0.25) is 0 Å². The van der Waals surface area contributed by atoms with Crippen LogP contribution in [0.3, 0.4) is 0 Å². The van der Waals surface area contributed by atoms with E-state index in [1.165, 1.54) is 24.3 Å². The number of rotatable bonds is 3. The molecule has 0 saturated carbocycles. The molecule has 0 spiro atoms. The standard InChI is InChI=1S/C24H25FN2O3/c1-14-5-10-20(15(2)11-14)21-22(26-12-16(3)30-17(4)13-26)24(29)27(23(21)28)19-8-6-18(25)7-9-19/h5-11,16-17H,12-13H2,1-4H3. The number of benzene rings is 2. The zero-order valence-electron chi connectivity index (χ0n) is 17.6. The summed E-state index contributed by atoms with van der Waals surface area (Å²) in [5, 5.41) is 0. The number of imide groups is 1. The second-order valence-corrected chi connectivity index (χ2v) is 8.13. The fourth-order valence-electron chi connectivity index (χ4n) is 4.33. The van der Waals surface area contributed by atoms with Crippen molar-refractivity contribution in [1.82, 2.24) is 4.90 Å². The van der Waals surface area contributed by atoms with Gasteiger partial charge in [0.15, 0.2) is 0 Å². The number of anilines is 1. The first-order chi connectivity index (χ1) is 14.3. The molecule has 2 amide bonds. The molecular weight excluding hydrogens is 383 g/mol. The number of aryl methyl sites for hydroxylation is 2. The van der Waals surface area contributed by atoms with Gasteiger partial charge < -0.3 is 9.64 Å². The highest BCUT2D eigenvalue weighted by Crippen LogP contribution is 2.37. The molecule has 2 atom stereocenters. The summed E-state index contributed by atoms with van der Waals surface area (Å²) < 4.78 is 19.3. The van der Waals surface area contributed by atoms with Crippen LogP contribution in [0.4, 0.5) is 10.1 Å². The second-order valence-electron chi connectivity index (χ2n) is 8.13.